The molecule has 2 aliphatic carbocycles. The predicted molar refractivity (Wildman–Crippen MR) is 72.2 cm³/mol. The molecule has 114 valence electrons. The Morgan fingerprint density at radius 1 is 1.33 bits per heavy atom. The second kappa shape index (κ2) is 4.52. The minimum atomic E-state index is -2.60. The molecule has 1 N–H and O–H groups in total. The summed E-state index contributed by atoms with van der Waals surface area (Å²) in [5, 5.41) is 7.53. The lowest BCUT2D eigenvalue weighted by atomic mass is 10.1. The van der Waals surface area contributed by atoms with Crippen molar-refractivity contribution >= 4 is 5.91 Å². The first-order valence-corrected chi connectivity index (χ1v) is 7.76. The number of hydrogen-bond acceptors (Lipinski definition) is 2. The van der Waals surface area contributed by atoms with E-state index in [0.29, 0.717) is 19.0 Å². The van der Waals surface area contributed by atoms with Crippen LogP contribution in [-0.2, 0) is 17.6 Å². The van der Waals surface area contributed by atoms with Gasteiger partial charge in [-0.2, -0.15) is 5.10 Å². The summed E-state index contributed by atoms with van der Waals surface area (Å²) in [5.41, 5.74) is 3.57. The Kier molecular flexibility index (Phi) is 2.84. The first-order chi connectivity index (χ1) is 10.0. The van der Waals surface area contributed by atoms with E-state index < -0.39 is 11.8 Å². The van der Waals surface area contributed by atoms with Gasteiger partial charge in [-0.15, -0.1) is 0 Å². The number of amides is 1. The fraction of sp³-hybridized carbons (Fsp3) is 0.733. The SMILES string of the molecule is O=C(CC1CC1(F)F)N1CCc2[nH]nc(C3CC3)c2CC1. The van der Waals surface area contributed by atoms with Gasteiger partial charge >= 0.3 is 0 Å². The van der Waals surface area contributed by atoms with Crippen LogP contribution in [0, 0.1) is 5.92 Å². The van der Waals surface area contributed by atoms with Crippen molar-refractivity contribution in [1.29, 1.82) is 0 Å². The Bertz CT molecular complexity index is 579. The zero-order valence-corrected chi connectivity index (χ0v) is 11.9. The third-order valence-corrected chi connectivity index (χ3v) is 4.94. The third kappa shape index (κ3) is 2.45. The van der Waals surface area contributed by atoms with Crippen molar-refractivity contribution < 1.29 is 13.6 Å². The van der Waals surface area contributed by atoms with E-state index in [4.69, 9.17) is 0 Å². The molecule has 0 radical (unpaired) electrons. The molecule has 1 unspecified atom stereocenters. The van der Waals surface area contributed by atoms with Crippen molar-refractivity contribution in [1.82, 2.24) is 15.1 Å². The molecule has 4 nitrogen and oxygen atoms in total. The predicted octanol–water partition coefficient (Wildman–Crippen LogP) is 2.26. The van der Waals surface area contributed by atoms with Crippen molar-refractivity contribution in [2.75, 3.05) is 13.1 Å². The third-order valence-electron chi connectivity index (χ3n) is 4.94. The molecular weight excluding hydrogens is 276 g/mol. The van der Waals surface area contributed by atoms with E-state index in [1.165, 1.54) is 24.1 Å². The van der Waals surface area contributed by atoms with Crippen molar-refractivity contribution in [3.8, 4) is 0 Å². The Balaban J connectivity index is 1.41. The van der Waals surface area contributed by atoms with Crippen LogP contribution >= 0.6 is 0 Å². The summed E-state index contributed by atoms with van der Waals surface area (Å²) < 4.78 is 25.9. The van der Waals surface area contributed by atoms with E-state index >= 15 is 0 Å². The van der Waals surface area contributed by atoms with Crippen molar-refractivity contribution in [2.45, 2.75) is 50.4 Å². The van der Waals surface area contributed by atoms with Crippen LogP contribution in [0.4, 0.5) is 8.78 Å². The molecule has 2 fully saturated rings. The second-order valence-corrected chi connectivity index (χ2v) is 6.59. The monoisotopic (exact) mass is 295 g/mol. The molecule has 6 heteroatoms. The van der Waals surface area contributed by atoms with E-state index in [0.717, 1.165) is 18.5 Å². The largest absolute Gasteiger partial charge is 0.342 e. The van der Waals surface area contributed by atoms with Crippen LogP contribution in [0.15, 0.2) is 0 Å². The number of aromatic nitrogens is 2. The molecule has 2 saturated carbocycles. The fourth-order valence-electron chi connectivity index (χ4n) is 3.28. The highest BCUT2D eigenvalue weighted by Gasteiger charge is 2.57. The molecule has 1 aliphatic heterocycles. The van der Waals surface area contributed by atoms with E-state index in [1.807, 2.05) is 0 Å². The lowest BCUT2D eigenvalue weighted by molar-refractivity contribution is -0.132. The molecule has 0 aromatic carbocycles. The van der Waals surface area contributed by atoms with Crippen LogP contribution in [0.2, 0.25) is 0 Å². The molecule has 1 aromatic heterocycles. The average Bonchev–Trinajstić information content (AvgIpc) is 3.33. The van der Waals surface area contributed by atoms with Crippen LogP contribution in [-0.4, -0.2) is 40.0 Å². The highest BCUT2D eigenvalue weighted by molar-refractivity contribution is 5.77. The topological polar surface area (TPSA) is 49.0 Å². The lowest BCUT2D eigenvalue weighted by Gasteiger charge is -2.20. The first kappa shape index (κ1) is 13.2. The van der Waals surface area contributed by atoms with Gasteiger partial charge in [-0.1, -0.05) is 0 Å². The zero-order valence-electron chi connectivity index (χ0n) is 11.9. The van der Waals surface area contributed by atoms with Gasteiger partial charge in [0.05, 0.1) is 5.69 Å². The van der Waals surface area contributed by atoms with Gasteiger partial charge in [0.25, 0.3) is 5.92 Å². The first-order valence-electron chi connectivity index (χ1n) is 7.76. The van der Waals surface area contributed by atoms with Gasteiger partial charge in [0, 0.05) is 49.9 Å². The summed E-state index contributed by atoms with van der Waals surface area (Å²) in [5.74, 6) is -2.86. The van der Waals surface area contributed by atoms with Crippen molar-refractivity contribution in [2.24, 2.45) is 5.92 Å². The van der Waals surface area contributed by atoms with E-state index in [1.54, 1.807) is 4.90 Å². The Morgan fingerprint density at radius 3 is 2.71 bits per heavy atom. The number of fused-ring (bicyclic) bond motifs is 1. The highest BCUT2D eigenvalue weighted by atomic mass is 19.3. The number of hydrogen-bond donors (Lipinski definition) is 1. The Labute approximate surface area is 121 Å². The van der Waals surface area contributed by atoms with Crippen LogP contribution in [0.5, 0.6) is 0 Å². The summed E-state index contributed by atoms with van der Waals surface area (Å²) in [6.45, 7) is 1.24. The minimum Gasteiger partial charge on any atom is -0.342 e. The maximum Gasteiger partial charge on any atom is 0.252 e. The summed E-state index contributed by atoms with van der Waals surface area (Å²) in [7, 11) is 0. The van der Waals surface area contributed by atoms with Gasteiger partial charge in [0.15, 0.2) is 0 Å². The maximum atomic E-state index is 12.9. The summed E-state index contributed by atoms with van der Waals surface area (Å²) in [6.07, 6.45) is 3.83. The number of H-pyrrole nitrogens is 1. The number of nitrogens with one attached hydrogen (secondary N) is 1. The molecule has 0 spiro atoms. The van der Waals surface area contributed by atoms with E-state index in [-0.39, 0.29) is 18.7 Å². The van der Waals surface area contributed by atoms with Gasteiger partial charge in [-0.25, -0.2) is 8.78 Å². The molecule has 1 aromatic rings. The number of rotatable bonds is 3. The molecule has 0 bridgehead atoms. The number of alkyl halides is 2. The average molecular weight is 295 g/mol. The molecule has 2 heterocycles. The number of nitrogens with zero attached hydrogens (tertiary/aromatic N) is 2. The van der Waals surface area contributed by atoms with Crippen LogP contribution in [0.3, 0.4) is 0 Å². The maximum absolute atomic E-state index is 12.9. The quantitative estimate of drug-likeness (QED) is 0.930. The smallest absolute Gasteiger partial charge is 0.252 e. The van der Waals surface area contributed by atoms with Crippen molar-refractivity contribution in [3.05, 3.63) is 17.0 Å². The van der Waals surface area contributed by atoms with Crippen LogP contribution in [0.25, 0.3) is 0 Å². The minimum absolute atomic E-state index is 0.00529. The molecule has 0 saturated heterocycles. The fourth-order valence-corrected chi connectivity index (χ4v) is 3.28. The van der Waals surface area contributed by atoms with Gasteiger partial charge < -0.3 is 4.90 Å². The van der Waals surface area contributed by atoms with Gasteiger partial charge in [0.2, 0.25) is 5.91 Å². The number of carbonyl (C=O) groups excluding carboxylic acids is 1. The number of halogens is 2. The summed E-state index contributed by atoms with van der Waals surface area (Å²) >= 11 is 0. The van der Waals surface area contributed by atoms with Gasteiger partial charge in [-0.05, 0) is 24.8 Å². The number of carbonyl (C=O) groups is 1. The standard InChI is InChI=1S/C15H19F2N3O/c16-15(17)8-10(15)7-13(21)20-5-3-11-12(4-6-20)18-19-14(11)9-1-2-9/h9-10H,1-8H2,(H,18,19). The van der Waals surface area contributed by atoms with Gasteiger partial charge in [-0.3, -0.25) is 9.89 Å². The van der Waals surface area contributed by atoms with E-state index in [9.17, 15) is 13.6 Å². The second-order valence-electron chi connectivity index (χ2n) is 6.59. The highest BCUT2D eigenvalue weighted by Crippen LogP contribution is 2.50. The molecule has 1 atom stereocenters. The molecule has 1 amide bonds. The number of aromatic amines is 1. The Hall–Kier alpha value is -1.46. The molecule has 21 heavy (non-hydrogen) atoms. The van der Waals surface area contributed by atoms with Crippen LogP contribution < -0.4 is 0 Å². The van der Waals surface area contributed by atoms with E-state index in [2.05, 4.69) is 10.2 Å². The zero-order chi connectivity index (χ0) is 14.6. The lowest BCUT2D eigenvalue weighted by Crippen LogP contribution is -2.33. The van der Waals surface area contributed by atoms with Gasteiger partial charge in [0.1, 0.15) is 0 Å². The summed E-state index contributed by atoms with van der Waals surface area (Å²) in [6, 6.07) is 0. The molecule has 4 rings (SSSR count). The summed E-state index contributed by atoms with van der Waals surface area (Å²) in [4.78, 5) is 13.9. The van der Waals surface area contributed by atoms with Crippen LogP contribution in [0.1, 0.15) is 48.6 Å². The Morgan fingerprint density at radius 2 is 2.05 bits per heavy atom. The molecule has 3 aliphatic rings. The van der Waals surface area contributed by atoms with Crippen molar-refractivity contribution in [3.63, 3.8) is 0 Å². The normalized spacial score (nSPS) is 27.1. The molecular formula is C15H19F2N3O.